The molecule has 2 aromatic heterocycles. The van der Waals surface area contributed by atoms with Crippen LogP contribution in [0.2, 0.25) is 0 Å². The summed E-state index contributed by atoms with van der Waals surface area (Å²) >= 11 is 1.81. The number of likely N-dealkylation sites (N-methyl/N-ethyl adjacent to an activating group) is 1. The van der Waals surface area contributed by atoms with E-state index in [9.17, 15) is 0 Å². The van der Waals surface area contributed by atoms with Crippen LogP contribution in [0.15, 0.2) is 48.1 Å². The maximum absolute atomic E-state index is 4.48. The first-order valence-electron chi connectivity index (χ1n) is 6.70. The van der Waals surface area contributed by atoms with Crippen LogP contribution < -0.4 is 4.90 Å². The lowest BCUT2D eigenvalue weighted by Crippen LogP contribution is -2.31. The predicted molar refractivity (Wildman–Crippen MR) is 85.4 cm³/mol. The van der Waals surface area contributed by atoms with Crippen LogP contribution in [0.3, 0.4) is 0 Å². The summed E-state index contributed by atoms with van der Waals surface area (Å²) < 4.78 is 0. The predicted octanol–water partition coefficient (Wildman–Crippen LogP) is 3.76. The number of aromatic nitrogens is 2. The molecule has 3 rings (SSSR count). The molecule has 0 radical (unpaired) electrons. The van der Waals surface area contributed by atoms with Crippen LogP contribution in [-0.4, -0.2) is 23.1 Å². The number of fused-ring (bicyclic) bond motifs is 1. The van der Waals surface area contributed by atoms with Crippen LogP contribution in [0, 0.1) is 0 Å². The Morgan fingerprint density at radius 1 is 1.15 bits per heavy atom. The minimum Gasteiger partial charge on any atom is -0.356 e. The average Bonchev–Trinajstić information content (AvgIpc) is 2.99. The minimum absolute atomic E-state index is 0.395. The highest BCUT2D eigenvalue weighted by Gasteiger charge is 2.15. The first kappa shape index (κ1) is 13.1. The molecule has 0 aliphatic heterocycles. The van der Waals surface area contributed by atoms with Gasteiger partial charge in [-0.2, -0.15) is 0 Å². The number of para-hydroxylation sites is 1. The van der Waals surface area contributed by atoms with Crippen molar-refractivity contribution in [1.29, 1.82) is 0 Å². The van der Waals surface area contributed by atoms with E-state index in [1.807, 2.05) is 29.5 Å². The van der Waals surface area contributed by atoms with E-state index in [2.05, 4.69) is 52.4 Å². The molecule has 102 valence electrons. The fraction of sp³-hybridized carbons (Fsp3) is 0.250. The molecule has 1 atom stereocenters. The zero-order valence-corrected chi connectivity index (χ0v) is 12.5. The minimum atomic E-state index is 0.395. The van der Waals surface area contributed by atoms with Gasteiger partial charge in [-0.25, -0.2) is 9.97 Å². The lowest BCUT2D eigenvalue weighted by molar-refractivity contribution is 0.682. The van der Waals surface area contributed by atoms with E-state index < -0.39 is 0 Å². The van der Waals surface area contributed by atoms with E-state index in [1.165, 1.54) is 4.88 Å². The van der Waals surface area contributed by atoms with Crippen molar-refractivity contribution in [2.75, 3.05) is 11.9 Å². The summed E-state index contributed by atoms with van der Waals surface area (Å²) in [5.74, 6) is 1.000. The average molecular weight is 283 g/mol. The zero-order chi connectivity index (χ0) is 13.9. The molecule has 20 heavy (non-hydrogen) atoms. The van der Waals surface area contributed by atoms with Gasteiger partial charge in [0.05, 0.1) is 5.52 Å². The molecule has 0 aliphatic carbocycles. The fourth-order valence-corrected chi connectivity index (χ4v) is 3.16. The third-order valence-electron chi connectivity index (χ3n) is 3.59. The third kappa shape index (κ3) is 2.51. The lowest BCUT2D eigenvalue weighted by atomic mass is 10.1. The highest BCUT2D eigenvalue weighted by molar-refractivity contribution is 7.09. The molecular formula is C16H17N3S. The SMILES string of the molecule is CC(Cc1cccs1)N(C)c1ncnc2ccccc12. The van der Waals surface area contributed by atoms with Crippen LogP contribution in [0.25, 0.3) is 10.9 Å². The Bertz CT molecular complexity index is 689. The summed E-state index contributed by atoms with van der Waals surface area (Å²) in [6.45, 7) is 2.23. The molecule has 0 N–H and O–H groups in total. The highest BCUT2D eigenvalue weighted by atomic mass is 32.1. The van der Waals surface area contributed by atoms with Gasteiger partial charge in [0, 0.05) is 29.8 Å². The molecule has 0 bridgehead atoms. The van der Waals surface area contributed by atoms with Crippen molar-refractivity contribution in [3.05, 3.63) is 53.0 Å². The Hall–Kier alpha value is -1.94. The third-order valence-corrected chi connectivity index (χ3v) is 4.49. The summed E-state index contributed by atoms with van der Waals surface area (Å²) in [4.78, 5) is 12.4. The van der Waals surface area contributed by atoms with E-state index >= 15 is 0 Å². The van der Waals surface area contributed by atoms with Crippen molar-refractivity contribution in [3.63, 3.8) is 0 Å². The number of rotatable bonds is 4. The van der Waals surface area contributed by atoms with E-state index in [1.54, 1.807) is 6.33 Å². The van der Waals surface area contributed by atoms with Gasteiger partial charge in [-0.1, -0.05) is 18.2 Å². The number of hydrogen-bond acceptors (Lipinski definition) is 4. The van der Waals surface area contributed by atoms with Crippen LogP contribution in [0.1, 0.15) is 11.8 Å². The van der Waals surface area contributed by atoms with Gasteiger partial charge in [0.25, 0.3) is 0 Å². The molecule has 3 aromatic rings. The Kier molecular flexibility index (Phi) is 3.65. The molecule has 0 amide bonds. The Balaban J connectivity index is 1.90. The van der Waals surface area contributed by atoms with E-state index in [0.29, 0.717) is 6.04 Å². The van der Waals surface area contributed by atoms with Crippen molar-refractivity contribution in [1.82, 2.24) is 9.97 Å². The van der Waals surface area contributed by atoms with E-state index in [0.717, 1.165) is 23.1 Å². The van der Waals surface area contributed by atoms with Gasteiger partial charge in [-0.05, 0) is 30.5 Å². The maximum atomic E-state index is 4.48. The van der Waals surface area contributed by atoms with Gasteiger partial charge in [0.15, 0.2) is 0 Å². The molecule has 1 unspecified atom stereocenters. The molecule has 0 aliphatic rings. The van der Waals surface area contributed by atoms with Gasteiger partial charge >= 0.3 is 0 Å². The van der Waals surface area contributed by atoms with Crippen LogP contribution in [0.5, 0.6) is 0 Å². The Labute approximate surface area is 122 Å². The first-order valence-corrected chi connectivity index (χ1v) is 7.58. The molecule has 0 spiro atoms. The topological polar surface area (TPSA) is 29.0 Å². The summed E-state index contributed by atoms with van der Waals surface area (Å²) in [6, 6.07) is 12.8. The highest BCUT2D eigenvalue weighted by Crippen LogP contribution is 2.24. The second kappa shape index (κ2) is 5.59. The standard InChI is InChI=1S/C16H17N3S/c1-12(10-13-6-5-9-20-13)19(2)16-14-7-3-4-8-15(14)17-11-18-16/h3-9,11-12H,10H2,1-2H3. The molecule has 4 heteroatoms. The second-order valence-corrected chi connectivity index (χ2v) is 5.99. The molecule has 3 nitrogen and oxygen atoms in total. The maximum Gasteiger partial charge on any atom is 0.139 e. The summed E-state index contributed by atoms with van der Waals surface area (Å²) in [6.07, 6.45) is 2.68. The van der Waals surface area contributed by atoms with Crippen molar-refractivity contribution in [2.45, 2.75) is 19.4 Å². The van der Waals surface area contributed by atoms with Crippen molar-refractivity contribution in [3.8, 4) is 0 Å². The number of hydrogen-bond donors (Lipinski definition) is 0. The number of benzene rings is 1. The molecule has 0 saturated heterocycles. The monoisotopic (exact) mass is 283 g/mol. The van der Waals surface area contributed by atoms with Crippen molar-refractivity contribution < 1.29 is 0 Å². The molecule has 0 fully saturated rings. The Morgan fingerprint density at radius 3 is 2.80 bits per heavy atom. The summed E-state index contributed by atoms with van der Waals surface area (Å²) in [7, 11) is 2.10. The largest absolute Gasteiger partial charge is 0.356 e. The first-order chi connectivity index (χ1) is 9.75. The summed E-state index contributed by atoms with van der Waals surface area (Å²) in [5, 5.41) is 3.23. The van der Waals surface area contributed by atoms with Gasteiger partial charge in [0.2, 0.25) is 0 Å². The number of anilines is 1. The lowest BCUT2D eigenvalue weighted by Gasteiger charge is -2.26. The van der Waals surface area contributed by atoms with E-state index in [-0.39, 0.29) is 0 Å². The van der Waals surface area contributed by atoms with Crippen molar-refractivity contribution in [2.24, 2.45) is 0 Å². The van der Waals surface area contributed by atoms with Crippen LogP contribution in [0.4, 0.5) is 5.82 Å². The van der Waals surface area contributed by atoms with Gasteiger partial charge in [0.1, 0.15) is 12.1 Å². The fourth-order valence-electron chi connectivity index (χ4n) is 2.34. The van der Waals surface area contributed by atoms with Crippen LogP contribution in [-0.2, 0) is 6.42 Å². The quantitative estimate of drug-likeness (QED) is 0.730. The smallest absolute Gasteiger partial charge is 0.139 e. The molecule has 0 saturated carbocycles. The van der Waals surface area contributed by atoms with Gasteiger partial charge in [-0.15, -0.1) is 11.3 Å². The molecular weight excluding hydrogens is 266 g/mol. The number of thiophene rings is 1. The molecule has 2 heterocycles. The zero-order valence-electron chi connectivity index (χ0n) is 11.7. The number of nitrogens with zero attached hydrogens (tertiary/aromatic N) is 3. The second-order valence-electron chi connectivity index (χ2n) is 4.96. The molecule has 1 aromatic carbocycles. The van der Waals surface area contributed by atoms with Gasteiger partial charge in [-0.3, -0.25) is 0 Å². The normalized spacial score (nSPS) is 12.5. The summed E-state index contributed by atoms with van der Waals surface area (Å²) in [5.41, 5.74) is 0.993. The van der Waals surface area contributed by atoms with Gasteiger partial charge < -0.3 is 4.90 Å². The van der Waals surface area contributed by atoms with Crippen molar-refractivity contribution >= 4 is 28.1 Å². The Morgan fingerprint density at radius 2 is 2.00 bits per heavy atom. The van der Waals surface area contributed by atoms with Crippen LogP contribution >= 0.6 is 11.3 Å². The van der Waals surface area contributed by atoms with E-state index in [4.69, 9.17) is 0 Å².